The molecule has 4 heteroatoms. The van der Waals surface area contributed by atoms with Crippen molar-refractivity contribution in [1.82, 2.24) is 4.90 Å². The Labute approximate surface area is 130 Å². The molecule has 0 fully saturated rings. The fourth-order valence-electron chi connectivity index (χ4n) is 2.14. The Kier molecular flexibility index (Phi) is 5.30. The second kappa shape index (κ2) is 6.98. The standard InChI is InChI=1S/C16H18Cl2N2/c1-2-20(10-12-5-3-6-13(19)9-12)11-14-15(17)7-4-8-16(14)18/h3-9H,2,10-11,19H2,1H3. The van der Waals surface area contributed by atoms with Gasteiger partial charge in [0.2, 0.25) is 0 Å². The van der Waals surface area contributed by atoms with Gasteiger partial charge >= 0.3 is 0 Å². The van der Waals surface area contributed by atoms with Crippen molar-refractivity contribution >= 4 is 28.9 Å². The smallest absolute Gasteiger partial charge is 0.0465 e. The van der Waals surface area contributed by atoms with Gasteiger partial charge < -0.3 is 5.73 Å². The second-order valence-electron chi connectivity index (χ2n) is 4.75. The minimum atomic E-state index is 0.712. The molecule has 0 radical (unpaired) electrons. The van der Waals surface area contributed by atoms with E-state index >= 15 is 0 Å². The van der Waals surface area contributed by atoms with E-state index in [1.807, 2.05) is 36.4 Å². The summed E-state index contributed by atoms with van der Waals surface area (Å²) in [6.07, 6.45) is 0. The topological polar surface area (TPSA) is 29.3 Å². The molecule has 0 aliphatic rings. The lowest BCUT2D eigenvalue weighted by Crippen LogP contribution is -2.22. The molecule has 0 saturated carbocycles. The second-order valence-corrected chi connectivity index (χ2v) is 5.56. The zero-order valence-corrected chi connectivity index (χ0v) is 13.0. The number of nitrogens with zero attached hydrogens (tertiary/aromatic N) is 1. The summed E-state index contributed by atoms with van der Waals surface area (Å²) in [6.45, 7) is 4.58. The van der Waals surface area contributed by atoms with E-state index in [1.165, 1.54) is 5.56 Å². The predicted octanol–water partition coefficient (Wildman–Crippen LogP) is 4.60. The van der Waals surface area contributed by atoms with E-state index in [4.69, 9.17) is 28.9 Å². The van der Waals surface area contributed by atoms with Crippen LogP contribution in [0.1, 0.15) is 18.1 Å². The first-order valence-corrected chi connectivity index (χ1v) is 7.35. The lowest BCUT2D eigenvalue weighted by Gasteiger charge is -2.22. The molecule has 0 aliphatic heterocycles. The number of rotatable bonds is 5. The summed E-state index contributed by atoms with van der Waals surface area (Å²) in [4.78, 5) is 2.28. The van der Waals surface area contributed by atoms with E-state index in [0.717, 1.165) is 30.9 Å². The fourth-order valence-corrected chi connectivity index (χ4v) is 2.65. The quantitative estimate of drug-likeness (QED) is 0.818. The third kappa shape index (κ3) is 3.89. The first-order chi connectivity index (χ1) is 9.60. The van der Waals surface area contributed by atoms with Crippen LogP contribution in [0.5, 0.6) is 0 Å². The molecule has 2 N–H and O–H groups in total. The molecule has 2 aromatic rings. The van der Waals surface area contributed by atoms with Crippen molar-refractivity contribution in [1.29, 1.82) is 0 Å². The summed E-state index contributed by atoms with van der Waals surface area (Å²) in [6, 6.07) is 13.5. The third-order valence-electron chi connectivity index (χ3n) is 3.25. The first-order valence-electron chi connectivity index (χ1n) is 6.59. The van der Waals surface area contributed by atoms with Crippen molar-refractivity contribution in [2.24, 2.45) is 0 Å². The molecule has 0 amide bonds. The van der Waals surface area contributed by atoms with Crippen LogP contribution in [0.3, 0.4) is 0 Å². The number of benzene rings is 2. The summed E-state index contributed by atoms with van der Waals surface area (Å²) in [5.41, 5.74) is 8.77. The van der Waals surface area contributed by atoms with Gasteiger partial charge in [-0.25, -0.2) is 0 Å². The van der Waals surface area contributed by atoms with Gasteiger partial charge in [0.05, 0.1) is 0 Å². The molecule has 0 aromatic heterocycles. The number of nitrogen functional groups attached to an aromatic ring is 1. The van der Waals surface area contributed by atoms with E-state index < -0.39 is 0 Å². The maximum Gasteiger partial charge on any atom is 0.0465 e. The van der Waals surface area contributed by atoms with Gasteiger partial charge in [0.25, 0.3) is 0 Å². The lowest BCUT2D eigenvalue weighted by molar-refractivity contribution is 0.271. The average molecular weight is 309 g/mol. The molecule has 2 aromatic carbocycles. The summed E-state index contributed by atoms with van der Waals surface area (Å²) < 4.78 is 0. The summed E-state index contributed by atoms with van der Waals surface area (Å²) in [5, 5.41) is 1.42. The van der Waals surface area contributed by atoms with Crippen LogP contribution in [0.15, 0.2) is 42.5 Å². The van der Waals surface area contributed by atoms with Crippen molar-refractivity contribution in [2.45, 2.75) is 20.0 Å². The van der Waals surface area contributed by atoms with Crippen LogP contribution >= 0.6 is 23.2 Å². The lowest BCUT2D eigenvalue weighted by atomic mass is 10.1. The molecule has 0 atom stereocenters. The Balaban J connectivity index is 2.13. The van der Waals surface area contributed by atoms with Crippen molar-refractivity contribution in [3.8, 4) is 0 Å². The Bertz CT molecular complexity index is 564. The summed E-state index contributed by atoms with van der Waals surface area (Å²) >= 11 is 12.5. The highest BCUT2D eigenvalue weighted by atomic mass is 35.5. The van der Waals surface area contributed by atoms with Gasteiger partial charge in [0.15, 0.2) is 0 Å². The van der Waals surface area contributed by atoms with Crippen molar-refractivity contribution in [3.05, 3.63) is 63.6 Å². The van der Waals surface area contributed by atoms with Gasteiger partial charge in [-0.3, -0.25) is 4.90 Å². The highest BCUT2D eigenvalue weighted by molar-refractivity contribution is 6.35. The van der Waals surface area contributed by atoms with Gasteiger partial charge in [-0.05, 0) is 36.4 Å². The van der Waals surface area contributed by atoms with Crippen molar-refractivity contribution < 1.29 is 0 Å². The zero-order chi connectivity index (χ0) is 14.5. The van der Waals surface area contributed by atoms with E-state index in [9.17, 15) is 0 Å². The van der Waals surface area contributed by atoms with Crippen molar-refractivity contribution in [3.63, 3.8) is 0 Å². The molecule has 0 heterocycles. The third-order valence-corrected chi connectivity index (χ3v) is 3.96. The van der Waals surface area contributed by atoms with Crippen LogP contribution in [0.25, 0.3) is 0 Å². The van der Waals surface area contributed by atoms with Crippen LogP contribution in [-0.2, 0) is 13.1 Å². The number of halogens is 2. The van der Waals surface area contributed by atoms with Crippen LogP contribution in [-0.4, -0.2) is 11.4 Å². The summed E-state index contributed by atoms with van der Waals surface area (Å²) in [5.74, 6) is 0. The number of nitrogens with two attached hydrogens (primary N) is 1. The SMILES string of the molecule is CCN(Cc1cccc(N)c1)Cc1c(Cl)cccc1Cl. The first kappa shape index (κ1) is 15.2. The molecule has 2 rings (SSSR count). The van der Waals surface area contributed by atoms with Crippen LogP contribution < -0.4 is 5.73 Å². The molecule has 0 unspecified atom stereocenters. The molecule has 0 saturated heterocycles. The molecule has 2 nitrogen and oxygen atoms in total. The molecule has 20 heavy (non-hydrogen) atoms. The Morgan fingerprint density at radius 1 is 1.00 bits per heavy atom. The molecular formula is C16H18Cl2N2. The van der Waals surface area contributed by atoms with Gasteiger partial charge in [0.1, 0.15) is 0 Å². The number of anilines is 1. The van der Waals surface area contributed by atoms with Gasteiger partial charge in [-0.2, -0.15) is 0 Å². The maximum absolute atomic E-state index is 6.23. The maximum atomic E-state index is 6.23. The van der Waals surface area contributed by atoms with E-state index in [0.29, 0.717) is 10.0 Å². The van der Waals surface area contributed by atoms with Crippen LogP contribution in [0.2, 0.25) is 10.0 Å². The highest BCUT2D eigenvalue weighted by Crippen LogP contribution is 2.26. The van der Waals surface area contributed by atoms with Gasteiger partial charge in [0, 0.05) is 34.4 Å². The largest absolute Gasteiger partial charge is 0.399 e. The zero-order valence-electron chi connectivity index (χ0n) is 11.4. The minimum absolute atomic E-state index is 0.712. The Morgan fingerprint density at radius 2 is 1.65 bits per heavy atom. The number of hydrogen-bond donors (Lipinski definition) is 1. The van der Waals surface area contributed by atoms with E-state index in [2.05, 4.69) is 17.9 Å². The van der Waals surface area contributed by atoms with E-state index in [-0.39, 0.29) is 0 Å². The van der Waals surface area contributed by atoms with Crippen molar-refractivity contribution in [2.75, 3.05) is 12.3 Å². The normalized spacial score (nSPS) is 11.0. The van der Waals surface area contributed by atoms with Gasteiger partial charge in [-0.1, -0.05) is 48.3 Å². The average Bonchev–Trinajstić information content (AvgIpc) is 2.42. The molecule has 0 bridgehead atoms. The number of hydrogen-bond acceptors (Lipinski definition) is 2. The predicted molar refractivity (Wildman–Crippen MR) is 87.1 cm³/mol. The minimum Gasteiger partial charge on any atom is -0.399 e. The summed E-state index contributed by atoms with van der Waals surface area (Å²) in [7, 11) is 0. The van der Waals surface area contributed by atoms with Gasteiger partial charge in [-0.15, -0.1) is 0 Å². The Hall–Kier alpha value is -1.22. The fraction of sp³-hybridized carbons (Fsp3) is 0.250. The molecule has 0 spiro atoms. The molecular weight excluding hydrogens is 291 g/mol. The van der Waals surface area contributed by atoms with E-state index in [1.54, 1.807) is 0 Å². The van der Waals surface area contributed by atoms with Crippen LogP contribution in [0.4, 0.5) is 5.69 Å². The Morgan fingerprint density at radius 3 is 2.25 bits per heavy atom. The monoisotopic (exact) mass is 308 g/mol. The highest BCUT2D eigenvalue weighted by Gasteiger charge is 2.11. The molecule has 0 aliphatic carbocycles. The van der Waals surface area contributed by atoms with Crippen LogP contribution in [0, 0.1) is 0 Å². The molecule has 106 valence electrons.